The molecule has 0 unspecified atom stereocenters. The fourth-order valence-electron chi connectivity index (χ4n) is 2.00. The number of nitrogens with zero attached hydrogens (tertiary/aromatic N) is 2. The molecular formula is C14H12N2OS2. The lowest BCUT2D eigenvalue weighted by Gasteiger charge is -2.01. The average molecular weight is 288 g/mol. The van der Waals surface area contributed by atoms with Gasteiger partial charge in [-0.25, -0.2) is 4.98 Å². The Morgan fingerprint density at radius 3 is 2.84 bits per heavy atom. The molecule has 0 fully saturated rings. The molecule has 19 heavy (non-hydrogen) atoms. The minimum atomic E-state index is 0.618. The lowest BCUT2D eigenvalue weighted by molar-refractivity contribution is 0.111. The number of hydrogen-bond acceptors (Lipinski definition) is 4. The van der Waals surface area contributed by atoms with E-state index in [2.05, 4.69) is 24.0 Å². The molecule has 2 heterocycles. The first-order chi connectivity index (χ1) is 9.33. The summed E-state index contributed by atoms with van der Waals surface area (Å²) >= 11 is 3.34. The molecule has 1 aromatic carbocycles. The molecule has 0 radical (unpaired) electrons. The second-order valence-electron chi connectivity index (χ2n) is 3.98. The summed E-state index contributed by atoms with van der Waals surface area (Å²) in [7, 11) is 0. The van der Waals surface area contributed by atoms with Crippen LogP contribution in [-0.2, 0) is 0 Å². The third-order valence-corrected chi connectivity index (χ3v) is 4.50. The van der Waals surface area contributed by atoms with Crippen molar-refractivity contribution in [3.05, 3.63) is 41.5 Å². The van der Waals surface area contributed by atoms with Crippen molar-refractivity contribution >= 4 is 34.3 Å². The summed E-state index contributed by atoms with van der Waals surface area (Å²) in [5.74, 6) is 1.05. The molecule has 0 saturated carbocycles. The highest BCUT2D eigenvalue weighted by Crippen LogP contribution is 2.27. The number of hydrogen-bond donors (Lipinski definition) is 0. The largest absolute Gasteiger partial charge is 0.296 e. The fourth-order valence-corrected chi connectivity index (χ4v) is 3.39. The Labute approximate surface area is 119 Å². The summed E-state index contributed by atoms with van der Waals surface area (Å²) < 4.78 is 1.84. The van der Waals surface area contributed by atoms with E-state index >= 15 is 0 Å². The van der Waals surface area contributed by atoms with Gasteiger partial charge in [0.05, 0.1) is 0 Å². The predicted molar refractivity (Wildman–Crippen MR) is 80.3 cm³/mol. The maximum absolute atomic E-state index is 11.3. The number of fused-ring (bicyclic) bond motifs is 1. The summed E-state index contributed by atoms with van der Waals surface area (Å²) in [5, 5.41) is 1.93. The van der Waals surface area contributed by atoms with Crippen LogP contribution in [0.2, 0.25) is 0 Å². The third-order valence-electron chi connectivity index (χ3n) is 2.85. The Bertz CT molecular complexity index is 713. The first kappa shape index (κ1) is 12.4. The van der Waals surface area contributed by atoms with Crippen molar-refractivity contribution in [2.45, 2.75) is 11.8 Å². The van der Waals surface area contributed by atoms with Gasteiger partial charge in [-0.3, -0.25) is 9.20 Å². The second-order valence-corrected chi connectivity index (χ2v) is 6.19. The number of carbonyl (C=O) groups is 1. The maximum Gasteiger partial charge on any atom is 0.194 e. The summed E-state index contributed by atoms with van der Waals surface area (Å²) in [4.78, 5) is 17.9. The van der Waals surface area contributed by atoms with Gasteiger partial charge in [-0.2, -0.15) is 0 Å². The van der Waals surface area contributed by atoms with Crippen molar-refractivity contribution in [3.8, 4) is 11.3 Å². The van der Waals surface area contributed by atoms with Gasteiger partial charge in [0.25, 0.3) is 0 Å². The molecule has 0 bridgehead atoms. The topological polar surface area (TPSA) is 34.4 Å². The number of rotatable bonds is 4. The SMILES string of the molecule is CCSc1ccc(-c2nc3sccn3c2C=O)cc1. The summed E-state index contributed by atoms with van der Waals surface area (Å²) in [6.07, 6.45) is 2.75. The van der Waals surface area contributed by atoms with Gasteiger partial charge in [0.1, 0.15) is 11.4 Å². The van der Waals surface area contributed by atoms with Crippen LogP contribution in [0.4, 0.5) is 0 Å². The zero-order valence-electron chi connectivity index (χ0n) is 10.4. The number of thiazole rings is 1. The van der Waals surface area contributed by atoms with Crippen molar-refractivity contribution in [2.75, 3.05) is 5.75 Å². The minimum Gasteiger partial charge on any atom is -0.296 e. The highest BCUT2D eigenvalue weighted by atomic mass is 32.2. The maximum atomic E-state index is 11.3. The van der Waals surface area contributed by atoms with E-state index in [-0.39, 0.29) is 0 Å². The molecule has 3 rings (SSSR count). The van der Waals surface area contributed by atoms with Crippen LogP contribution in [-0.4, -0.2) is 21.4 Å². The number of imidazole rings is 1. The second kappa shape index (κ2) is 5.19. The zero-order valence-corrected chi connectivity index (χ0v) is 12.0. The van der Waals surface area contributed by atoms with Gasteiger partial charge in [-0.05, 0) is 17.9 Å². The zero-order chi connectivity index (χ0) is 13.2. The highest BCUT2D eigenvalue weighted by Gasteiger charge is 2.13. The van der Waals surface area contributed by atoms with Gasteiger partial charge in [-0.1, -0.05) is 19.1 Å². The van der Waals surface area contributed by atoms with Gasteiger partial charge < -0.3 is 0 Å². The Balaban J connectivity index is 2.07. The van der Waals surface area contributed by atoms with Gasteiger partial charge in [-0.15, -0.1) is 23.1 Å². The molecule has 0 aliphatic carbocycles. The molecule has 0 aliphatic rings. The van der Waals surface area contributed by atoms with E-state index in [1.807, 2.05) is 28.1 Å². The molecule has 0 atom stereocenters. The summed E-state index contributed by atoms with van der Waals surface area (Å²) in [6, 6.07) is 8.20. The molecule has 2 aromatic heterocycles. The Morgan fingerprint density at radius 2 is 2.16 bits per heavy atom. The van der Waals surface area contributed by atoms with E-state index in [0.29, 0.717) is 5.69 Å². The van der Waals surface area contributed by atoms with Crippen molar-refractivity contribution in [1.82, 2.24) is 9.38 Å². The summed E-state index contributed by atoms with van der Waals surface area (Å²) in [6.45, 7) is 2.13. The highest BCUT2D eigenvalue weighted by molar-refractivity contribution is 7.99. The molecule has 5 heteroatoms. The average Bonchev–Trinajstić information content (AvgIpc) is 3.00. The molecule has 0 spiro atoms. The van der Waals surface area contributed by atoms with Crippen molar-refractivity contribution < 1.29 is 4.79 Å². The molecule has 3 aromatic rings. The van der Waals surface area contributed by atoms with Crippen molar-refractivity contribution in [3.63, 3.8) is 0 Å². The molecular weight excluding hydrogens is 276 g/mol. The monoisotopic (exact) mass is 288 g/mol. The molecule has 0 amide bonds. The van der Waals surface area contributed by atoms with Crippen molar-refractivity contribution in [2.24, 2.45) is 0 Å². The molecule has 96 valence electrons. The Hall–Kier alpha value is -1.59. The van der Waals surface area contributed by atoms with Crippen LogP contribution in [0.5, 0.6) is 0 Å². The van der Waals surface area contributed by atoms with Crippen LogP contribution < -0.4 is 0 Å². The third kappa shape index (κ3) is 2.19. The van der Waals surface area contributed by atoms with Crippen LogP contribution in [0.1, 0.15) is 17.4 Å². The van der Waals surface area contributed by atoms with Crippen LogP contribution in [0.15, 0.2) is 40.7 Å². The number of benzene rings is 1. The van der Waals surface area contributed by atoms with E-state index in [9.17, 15) is 4.79 Å². The van der Waals surface area contributed by atoms with E-state index < -0.39 is 0 Å². The van der Waals surface area contributed by atoms with E-state index in [1.54, 1.807) is 11.8 Å². The summed E-state index contributed by atoms with van der Waals surface area (Å²) in [5.41, 5.74) is 2.36. The molecule has 0 N–H and O–H groups in total. The van der Waals surface area contributed by atoms with Crippen molar-refractivity contribution in [1.29, 1.82) is 0 Å². The number of thioether (sulfide) groups is 1. The minimum absolute atomic E-state index is 0.618. The van der Waals surface area contributed by atoms with Gasteiger partial charge in [0.15, 0.2) is 11.2 Å². The van der Waals surface area contributed by atoms with Gasteiger partial charge >= 0.3 is 0 Å². The molecule has 3 nitrogen and oxygen atoms in total. The Morgan fingerprint density at radius 1 is 1.37 bits per heavy atom. The van der Waals surface area contributed by atoms with Gasteiger partial charge in [0.2, 0.25) is 0 Å². The van der Waals surface area contributed by atoms with Crippen LogP contribution in [0.3, 0.4) is 0 Å². The number of aldehydes is 1. The van der Waals surface area contributed by atoms with Gasteiger partial charge in [0, 0.05) is 22.0 Å². The smallest absolute Gasteiger partial charge is 0.194 e. The van der Waals surface area contributed by atoms with E-state index in [4.69, 9.17) is 0 Å². The number of aromatic nitrogens is 2. The lowest BCUT2D eigenvalue weighted by atomic mass is 10.1. The number of carbonyl (C=O) groups excluding carboxylic acids is 1. The van der Waals surface area contributed by atoms with Crippen LogP contribution in [0.25, 0.3) is 16.2 Å². The fraction of sp³-hybridized carbons (Fsp3) is 0.143. The lowest BCUT2D eigenvalue weighted by Crippen LogP contribution is -1.89. The first-order valence-electron chi connectivity index (χ1n) is 5.97. The molecule has 0 aliphatic heterocycles. The van der Waals surface area contributed by atoms with Crippen LogP contribution in [0, 0.1) is 0 Å². The molecule has 0 saturated heterocycles. The standard InChI is InChI=1S/C14H12N2OS2/c1-2-18-11-5-3-10(4-6-11)13-12(9-17)16-7-8-19-14(16)15-13/h3-9H,2H2,1H3. The first-order valence-corrected chi connectivity index (χ1v) is 7.84. The predicted octanol–water partition coefficient (Wildman–Crippen LogP) is 3.99. The normalized spacial score (nSPS) is 11.0. The van der Waals surface area contributed by atoms with E-state index in [1.165, 1.54) is 16.2 Å². The van der Waals surface area contributed by atoms with Crippen LogP contribution >= 0.6 is 23.1 Å². The van der Waals surface area contributed by atoms with E-state index in [0.717, 1.165) is 28.3 Å². The quantitative estimate of drug-likeness (QED) is 0.538. The Kier molecular flexibility index (Phi) is 3.40.